The van der Waals surface area contributed by atoms with E-state index in [2.05, 4.69) is 78.7 Å². The molecule has 0 fully saturated rings. The molecule has 32 heavy (non-hydrogen) atoms. The number of hydrogen-bond donors (Lipinski definition) is 1. The first-order chi connectivity index (χ1) is 15.6. The first-order valence-electron chi connectivity index (χ1n) is 10.6. The van der Waals surface area contributed by atoms with Gasteiger partial charge in [0, 0.05) is 35.0 Å². The highest BCUT2D eigenvalue weighted by molar-refractivity contribution is 7.97. The van der Waals surface area contributed by atoms with E-state index in [0.29, 0.717) is 0 Å². The van der Waals surface area contributed by atoms with Crippen LogP contribution in [0.5, 0.6) is 0 Å². The largest absolute Gasteiger partial charge is 0.309 e. The summed E-state index contributed by atoms with van der Waals surface area (Å²) in [7, 11) is 4.20. The molecule has 0 aliphatic heterocycles. The Labute approximate surface area is 192 Å². The van der Waals surface area contributed by atoms with Crippen molar-refractivity contribution >= 4 is 28.4 Å². The summed E-state index contributed by atoms with van der Waals surface area (Å²) in [5, 5.41) is 12.8. The maximum absolute atomic E-state index is 5.87. The van der Waals surface area contributed by atoms with E-state index < -0.39 is 0 Å². The maximum Gasteiger partial charge on any atom is 0.162 e. The second-order valence-electron chi connectivity index (χ2n) is 8.19. The number of benzene rings is 3. The zero-order valence-electron chi connectivity index (χ0n) is 18.2. The lowest BCUT2D eigenvalue weighted by molar-refractivity contribution is 0.413. The summed E-state index contributed by atoms with van der Waals surface area (Å²) in [6.07, 6.45) is 6.92. The topological polar surface area (TPSA) is 59.5 Å². The van der Waals surface area contributed by atoms with Crippen LogP contribution in [0.3, 0.4) is 0 Å². The number of rotatable bonds is 6. The van der Waals surface area contributed by atoms with Crippen molar-refractivity contribution in [3.8, 4) is 22.3 Å². The summed E-state index contributed by atoms with van der Waals surface area (Å²) in [5.74, 6) is 0. The van der Waals surface area contributed by atoms with E-state index in [4.69, 9.17) is 10.1 Å². The van der Waals surface area contributed by atoms with Gasteiger partial charge in [-0.2, -0.15) is 5.10 Å². The van der Waals surface area contributed by atoms with Gasteiger partial charge in [0.1, 0.15) is 0 Å². The molecule has 0 radical (unpaired) electrons. The number of nitrogens with two attached hydrogens (primary N) is 1. The van der Waals surface area contributed by atoms with E-state index in [9.17, 15) is 0 Å². The van der Waals surface area contributed by atoms with Crippen molar-refractivity contribution in [3.05, 3.63) is 84.8 Å². The Balaban J connectivity index is 1.51. The van der Waals surface area contributed by atoms with Gasteiger partial charge in [-0.25, -0.2) is 9.50 Å². The Kier molecular flexibility index (Phi) is 5.66. The van der Waals surface area contributed by atoms with Crippen LogP contribution in [0.2, 0.25) is 0 Å². The molecule has 0 amide bonds. The van der Waals surface area contributed by atoms with Gasteiger partial charge in [0.05, 0.1) is 6.20 Å². The Bertz CT molecular complexity index is 1390. The summed E-state index contributed by atoms with van der Waals surface area (Å²) in [4.78, 5) is 8.05. The van der Waals surface area contributed by atoms with Gasteiger partial charge in [-0.15, -0.1) is 0 Å². The van der Waals surface area contributed by atoms with Gasteiger partial charge in [-0.05, 0) is 66.0 Å². The van der Waals surface area contributed by atoms with Crippen LogP contribution in [0.25, 0.3) is 38.7 Å². The molecule has 0 unspecified atom stereocenters. The highest BCUT2D eigenvalue weighted by Gasteiger charge is 2.13. The quantitative estimate of drug-likeness (QED) is 0.365. The number of aromatic nitrogens is 3. The van der Waals surface area contributed by atoms with Gasteiger partial charge in [0.15, 0.2) is 5.65 Å². The summed E-state index contributed by atoms with van der Waals surface area (Å²) >= 11 is 1.27. The van der Waals surface area contributed by atoms with Crippen LogP contribution < -0.4 is 5.14 Å². The van der Waals surface area contributed by atoms with Crippen LogP contribution in [-0.4, -0.2) is 40.1 Å². The first-order valence-corrected chi connectivity index (χ1v) is 11.5. The third-order valence-corrected chi connectivity index (χ3v) is 6.40. The van der Waals surface area contributed by atoms with Crippen LogP contribution in [0, 0.1) is 0 Å². The van der Waals surface area contributed by atoms with E-state index in [1.807, 2.05) is 29.2 Å². The lowest BCUT2D eigenvalue weighted by Crippen LogP contribution is -2.14. The molecule has 0 aliphatic carbocycles. The zero-order chi connectivity index (χ0) is 22.1. The van der Waals surface area contributed by atoms with Crippen molar-refractivity contribution in [2.75, 3.05) is 20.6 Å². The second kappa shape index (κ2) is 8.74. The third-order valence-electron chi connectivity index (χ3n) is 5.79. The molecule has 0 bridgehead atoms. The predicted octanol–water partition coefficient (Wildman–Crippen LogP) is 5.29. The molecule has 5 nitrogen and oxygen atoms in total. The van der Waals surface area contributed by atoms with Crippen molar-refractivity contribution in [1.82, 2.24) is 19.5 Å². The van der Waals surface area contributed by atoms with Crippen molar-refractivity contribution in [1.29, 1.82) is 0 Å². The summed E-state index contributed by atoms with van der Waals surface area (Å²) < 4.78 is 1.87. The molecule has 0 aliphatic rings. The standard InChI is InChI=1S/C26H25N5S/c1-30(2)14-13-18-7-9-19(10-8-18)20-15-28-26-24(16-29-31(26)17-20)22-11-12-25(32-27)23-6-4-3-5-21(22)23/h3-12,15-17H,13-14,27H2,1-2H3. The number of hydrogen-bond acceptors (Lipinski definition) is 5. The molecule has 6 heteroatoms. The third kappa shape index (κ3) is 3.88. The van der Waals surface area contributed by atoms with Crippen LogP contribution in [0.4, 0.5) is 0 Å². The number of fused-ring (bicyclic) bond motifs is 2. The van der Waals surface area contributed by atoms with Gasteiger partial charge < -0.3 is 4.90 Å². The maximum atomic E-state index is 5.87. The zero-order valence-corrected chi connectivity index (χ0v) is 19.0. The Hall–Kier alpha value is -3.19. The van der Waals surface area contributed by atoms with Crippen LogP contribution in [0.1, 0.15) is 5.56 Å². The minimum Gasteiger partial charge on any atom is -0.309 e. The highest BCUT2D eigenvalue weighted by atomic mass is 32.2. The fraction of sp³-hybridized carbons (Fsp3) is 0.154. The van der Waals surface area contributed by atoms with Crippen LogP contribution in [-0.2, 0) is 6.42 Å². The van der Waals surface area contributed by atoms with Crippen molar-refractivity contribution < 1.29 is 0 Å². The van der Waals surface area contributed by atoms with E-state index in [1.54, 1.807) is 0 Å². The minimum atomic E-state index is 0.842. The molecular weight excluding hydrogens is 414 g/mol. The fourth-order valence-electron chi connectivity index (χ4n) is 4.04. The van der Waals surface area contributed by atoms with Crippen LogP contribution in [0.15, 0.2) is 84.1 Å². The summed E-state index contributed by atoms with van der Waals surface area (Å²) in [6, 6.07) is 21.2. The van der Waals surface area contributed by atoms with E-state index >= 15 is 0 Å². The van der Waals surface area contributed by atoms with E-state index in [0.717, 1.165) is 56.5 Å². The van der Waals surface area contributed by atoms with Gasteiger partial charge in [-0.3, -0.25) is 5.14 Å². The molecule has 0 saturated heterocycles. The Morgan fingerprint density at radius 2 is 1.66 bits per heavy atom. The molecule has 3 aromatic carbocycles. The van der Waals surface area contributed by atoms with E-state index in [-0.39, 0.29) is 0 Å². The lowest BCUT2D eigenvalue weighted by Gasteiger charge is -2.10. The smallest absolute Gasteiger partial charge is 0.162 e. The molecular formula is C26H25N5S. The molecule has 5 aromatic rings. The normalized spacial score (nSPS) is 11.6. The molecule has 2 aromatic heterocycles. The fourth-order valence-corrected chi connectivity index (χ4v) is 4.49. The first kappa shape index (κ1) is 20.7. The molecule has 5 rings (SSSR count). The molecule has 160 valence electrons. The van der Waals surface area contributed by atoms with Gasteiger partial charge in [-0.1, -0.05) is 54.6 Å². The monoisotopic (exact) mass is 439 g/mol. The molecule has 0 atom stereocenters. The Morgan fingerprint density at radius 3 is 2.41 bits per heavy atom. The van der Waals surface area contributed by atoms with Crippen molar-refractivity contribution in [2.45, 2.75) is 11.3 Å². The Morgan fingerprint density at radius 1 is 0.875 bits per heavy atom. The molecule has 2 heterocycles. The summed E-state index contributed by atoms with van der Waals surface area (Å²) in [6.45, 7) is 1.04. The summed E-state index contributed by atoms with van der Waals surface area (Å²) in [5.41, 5.74) is 6.49. The second-order valence-corrected chi connectivity index (χ2v) is 8.87. The van der Waals surface area contributed by atoms with Gasteiger partial charge in [0.2, 0.25) is 0 Å². The minimum absolute atomic E-state index is 0.842. The predicted molar refractivity (Wildman–Crippen MR) is 134 cm³/mol. The molecule has 2 N–H and O–H groups in total. The van der Waals surface area contributed by atoms with Gasteiger partial charge in [0.25, 0.3) is 0 Å². The van der Waals surface area contributed by atoms with Crippen LogP contribution >= 0.6 is 11.9 Å². The molecule has 0 spiro atoms. The van der Waals surface area contributed by atoms with Crippen molar-refractivity contribution in [3.63, 3.8) is 0 Å². The average Bonchev–Trinajstić information content (AvgIpc) is 3.25. The highest BCUT2D eigenvalue weighted by Crippen LogP contribution is 2.35. The van der Waals surface area contributed by atoms with Crippen molar-refractivity contribution in [2.24, 2.45) is 5.14 Å². The van der Waals surface area contributed by atoms with E-state index in [1.165, 1.54) is 17.5 Å². The average molecular weight is 440 g/mol. The number of nitrogens with zero attached hydrogens (tertiary/aromatic N) is 4. The van der Waals surface area contributed by atoms with Gasteiger partial charge >= 0.3 is 0 Å². The number of likely N-dealkylation sites (N-methyl/N-ethyl adjacent to an activating group) is 1. The SMILES string of the molecule is CN(C)CCc1ccc(-c2cnc3c(-c4ccc(SN)c5ccccc45)cnn3c2)cc1. The lowest BCUT2D eigenvalue weighted by atomic mass is 10.00. The molecule has 0 saturated carbocycles.